The number of aromatic hydroxyl groups is 1. The van der Waals surface area contributed by atoms with Crippen LogP contribution in [0, 0.1) is 6.92 Å². The van der Waals surface area contributed by atoms with Gasteiger partial charge in [-0.2, -0.15) is 0 Å². The Balaban J connectivity index is 2.26. The van der Waals surface area contributed by atoms with Crippen LogP contribution in [0.5, 0.6) is 5.75 Å². The molecule has 0 heterocycles. The van der Waals surface area contributed by atoms with Crippen molar-refractivity contribution in [3.05, 3.63) is 57.6 Å². The van der Waals surface area contributed by atoms with Gasteiger partial charge in [0.2, 0.25) is 0 Å². The molecule has 0 fully saturated rings. The van der Waals surface area contributed by atoms with Crippen molar-refractivity contribution in [1.82, 2.24) is 0 Å². The quantitative estimate of drug-likeness (QED) is 0.813. The maximum Gasteiger partial charge on any atom is 0.255 e. The third-order valence-corrected chi connectivity index (χ3v) is 3.43. The van der Waals surface area contributed by atoms with Crippen LogP contribution in [0.3, 0.4) is 0 Å². The lowest BCUT2D eigenvalue weighted by molar-refractivity contribution is 0.102. The van der Waals surface area contributed by atoms with Crippen molar-refractivity contribution < 1.29 is 9.90 Å². The molecule has 2 N–H and O–H groups in total. The molecule has 0 aliphatic carbocycles. The first-order valence-corrected chi connectivity index (χ1v) is 6.29. The highest BCUT2D eigenvalue weighted by atomic mass is 35.5. The van der Waals surface area contributed by atoms with Crippen LogP contribution in [0.4, 0.5) is 5.69 Å². The third kappa shape index (κ3) is 3.00. The predicted molar refractivity (Wildman–Crippen MR) is 77.3 cm³/mol. The van der Waals surface area contributed by atoms with E-state index in [4.69, 9.17) is 23.2 Å². The van der Waals surface area contributed by atoms with Crippen LogP contribution in [-0.2, 0) is 0 Å². The molecule has 1 amide bonds. The van der Waals surface area contributed by atoms with E-state index in [-0.39, 0.29) is 16.7 Å². The molecular weight excluding hydrogens is 285 g/mol. The largest absolute Gasteiger partial charge is 0.506 e. The zero-order valence-corrected chi connectivity index (χ0v) is 11.6. The highest BCUT2D eigenvalue weighted by Gasteiger charge is 2.11. The predicted octanol–water partition coefficient (Wildman–Crippen LogP) is 4.26. The first kappa shape index (κ1) is 13.7. The first-order chi connectivity index (χ1) is 8.99. The zero-order chi connectivity index (χ0) is 14.0. The highest BCUT2D eigenvalue weighted by Crippen LogP contribution is 2.27. The lowest BCUT2D eigenvalue weighted by Gasteiger charge is -2.09. The lowest BCUT2D eigenvalue weighted by Crippen LogP contribution is -2.13. The third-order valence-electron chi connectivity index (χ3n) is 2.72. The molecule has 5 heteroatoms. The number of amides is 1. The second-order valence-corrected chi connectivity index (χ2v) is 4.85. The smallest absolute Gasteiger partial charge is 0.255 e. The standard InChI is InChI=1S/C14H11Cl2NO2/c1-8-10(3-2-4-11(8)15)14(19)17-9-5-6-13(18)12(16)7-9/h2-7,18H,1H3,(H,17,19). The number of hydrogen-bond donors (Lipinski definition) is 2. The average molecular weight is 296 g/mol. The van der Waals surface area contributed by atoms with Crippen LogP contribution in [-0.4, -0.2) is 11.0 Å². The van der Waals surface area contributed by atoms with Crippen molar-refractivity contribution in [1.29, 1.82) is 0 Å². The number of carbonyl (C=O) groups excluding carboxylic acids is 1. The molecule has 0 radical (unpaired) electrons. The Bertz CT molecular complexity index is 641. The van der Waals surface area contributed by atoms with E-state index in [0.717, 1.165) is 0 Å². The summed E-state index contributed by atoms with van der Waals surface area (Å²) >= 11 is 11.8. The highest BCUT2D eigenvalue weighted by molar-refractivity contribution is 6.32. The zero-order valence-electron chi connectivity index (χ0n) is 10.1. The molecule has 2 aromatic rings. The van der Waals surface area contributed by atoms with Crippen LogP contribution in [0.25, 0.3) is 0 Å². The first-order valence-electron chi connectivity index (χ1n) is 5.54. The maximum atomic E-state index is 12.1. The minimum atomic E-state index is -0.276. The van der Waals surface area contributed by atoms with E-state index in [9.17, 15) is 9.90 Å². The minimum Gasteiger partial charge on any atom is -0.506 e. The van der Waals surface area contributed by atoms with Crippen molar-refractivity contribution in [2.75, 3.05) is 5.32 Å². The molecule has 2 aromatic carbocycles. The molecule has 0 unspecified atom stereocenters. The number of nitrogens with one attached hydrogen (secondary N) is 1. The maximum absolute atomic E-state index is 12.1. The molecular formula is C14H11Cl2NO2. The molecule has 0 aliphatic rings. The van der Waals surface area contributed by atoms with E-state index in [0.29, 0.717) is 21.8 Å². The van der Waals surface area contributed by atoms with E-state index in [2.05, 4.69) is 5.32 Å². The van der Waals surface area contributed by atoms with Crippen molar-refractivity contribution in [3.63, 3.8) is 0 Å². The fourth-order valence-corrected chi connectivity index (χ4v) is 1.99. The van der Waals surface area contributed by atoms with Crippen molar-refractivity contribution >= 4 is 34.8 Å². The molecule has 0 aromatic heterocycles. The van der Waals surface area contributed by atoms with Gasteiger partial charge in [-0.15, -0.1) is 0 Å². The van der Waals surface area contributed by atoms with E-state index < -0.39 is 0 Å². The molecule has 0 spiro atoms. The number of phenols is 1. The summed E-state index contributed by atoms with van der Waals surface area (Å²) in [6, 6.07) is 9.61. The number of carbonyl (C=O) groups is 1. The molecule has 0 atom stereocenters. The monoisotopic (exact) mass is 295 g/mol. The summed E-state index contributed by atoms with van der Waals surface area (Å²) in [6.07, 6.45) is 0. The van der Waals surface area contributed by atoms with Gasteiger partial charge in [-0.05, 0) is 42.8 Å². The Kier molecular flexibility index (Phi) is 3.98. The van der Waals surface area contributed by atoms with Gasteiger partial charge in [0.05, 0.1) is 5.02 Å². The second kappa shape index (κ2) is 5.51. The van der Waals surface area contributed by atoms with Crippen molar-refractivity contribution in [2.24, 2.45) is 0 Å². The van der Waals surface area contributed by atoms with Crippen LogP contribution < -0.4 is 5.32 Å². The fraction of sp³-hybridized carbons (Fsp3) is 0.0714. The fourth-order valence-electron chi connectivity index (χ4n) is 1.64. The number of hydrogen-bond acceptors (Lipinski definition) is 2. The summed E-state index contributed by atoms with van der Waals surface area (Å²) < 4.78 is 0. The Hall–Kier alpha value is -1.71. The van der Waals surface area contributed by atoms with E-state index in [1.807, 2.05) is 0 Å². The number of benzene rings is 2. The summed E-state index contributed by atoms with van der Waals surface area (Å²) in [5.41, 5.74) is 1.72. The van der Waals surface area contributed by atoms with Crippen LogP contribution in [0.15, 0.2) is 36.4 Å². The molecule has 0 aliphatic heterocycles. The SMILES string of the molecule is Cc1c(Cl)cccc1C(=O)Nc1ccc(O)c(Cl)c1. The van der Waals surface area contributed by atoms with Crippen LogP contribution >= 0.6 is 23.2 Å². The lowest BCUT2D eigenvalue weighted by atomic mass is 10.1. The van der Waals surface area contributed by atoms with Crippen LogP contribution in [0.2, 0.25) is 10.0 Å². The number of phenolic OH excluding ortho intramolecular Hbond substituents is 1. The normalized spacial score (nSPS) is 10.3. The van der Waals surface area contributed by atoms with Gasteiger partial charge in [0.25, 0.3) is 5.91 Å². The van der Waals surface area contributed by atoms with Gasteiger partial charge in [-0.1, -0.05) is 29.3 Å². The van der Waals surface area contributed by atoms with Gasteiger partial charge in [0.15, 0.2) is 0 Å². The molecule has 0 saturated carbocycles. The summed E-state index contributed by atoms with van der Waals surface area (Å²) in [6.45, 7) is 1.78. The Labute approximate surface area is 120 Å². The van der Waals surface area contributed by atoms with Gasteiger partial charge in [-0.3, -0.25) is 4.79 Å². The van der Waals surface area contributed by atoms with E-state index >= 15 is 0 Å². The Morgan fingerprint density at radius 3 is 2.58 bits per heavy atom. The van der Waals surface area contributed by atoms with Gasteiger partial charge in [-0.25, -0.2) is 0 Å². The van der Waals surface area contributed by atoms with Crippen LogP contribution in [0.1, 0.15) is 15.9 Å². The summed E-state index contributed by atoms with van der Waals surface area (Å²) in [7, 11) is 0. The molecule has 19 heavy (non-hydrogen) atoms. The number of halogens is 2. The number of rotatable bonds is 2. The van der Waals surface area contributed by atoms with Gasteiger partial charge < -0.3 is 10.4 Å². The average Bonchev–Trinajstić information content (AvgIpc) is 2.37. The molecule has 0 bridgehead atoms. The number of anilines is 1. The summed E-state index contributed by atoms with van der Waals surface area (Å²) in [5.74, 6) is -0.305. The Morgan fingerprint density at radius 1 is 1.16 bits per heavy atom. The van der Waals surface area contributed by atoms with Gasteiger partial charge in [0, 0.05) is 16.3 Å². The summed E-state index contributed by atoms with van der Waals surface area (Å²) in [5, 5.41) is 12.7. The van der Waals surface area contributed by atoms with Gasteiger partial charge in [0.1, 0.15) is 5.75 Å². The molecule has 3 nitrogen and oxygen atoms in total. The van der Waals surface area contributed by atoms with Gasteiger partial charge >= 0.3 is 0 Å². The van der Waals surface area contributed by atoms with E-state index in [1.165, 1.54) is 12.1 Å². The van der Waals surface area contributed by atoms with Crippen molar-refractivity contribution in [2.45, 2.75) is 6.92 Å². The van der Waals surface area contributed by atoms with E-state index in [1.54, 1.807) is 31.2 Å². The molecule has 98 valence electrons. The summed E-state index contributed by atoms with van der Waals surface area (Å²) in [4.78, 5) is 12.1. The topological polar surface area (TPSA) is 49.3 Å². The second-order valence-electron chi connectivity index (χ2n) is 4.03. The Morgan fingerprint density at radius 2 is 1.89 bits per heavy atom. The minimum absolute atomic E-state index is 0.0291. The molecule has 2 rings (SSSR count). The molecule has 0 saturated heterocycles. The van der Waals surface area contributed by atoms with Crippen molar-refractivity contribution in [3.8, 4) is 5.75 Å².